The van der Waals surface area contributed by atoms with Gasteiger partial charge in [0.15, 0.2) is 0 Å². The average molecular weight is 337 g/mol. The molecular formula is C17H23NO4S. The molecule has 126 valence electrons. The minimum absolute atomic E-state index is 0.128. The van der Waals surface area contributed by atoms with E-state index in [0.29, 0.717) is 17.9 Å². The van der Waals surface area contributed by atoms with E-state index >= 15 is 0 Å². The molecule has 5 nitrogen and oxygen atoms in total. The van der Waals surface area contributed by atoms with Gasteiger partial charge in [-0.3, -0.25) is 0 Å². The van der Waals surface area contributed by atoms with E-state index in [9.17, 15) is 8.42 Å². The molecule has 0 saturated heterocycles. The molecule has 0 bridgehead atoms. The van der Waals surface area contributed by atoms with Gasteiger partial charge in [0.1, 0.15) is 11.5 Å². The van der Waals surface area contributed by atoms with Gasteiger partial charge in [-0.1, -0.05) is 13.3 Å². The zero-order valence-corrected chi connectivity index (χ0v) is 14.6. The predicted octanol–water partition coefficient (Wildman–Crippen LogP) is 3.55. The Hall–Kier alpha value is -1.79. The summed E-state index contributed by atoms with van der Waals surface area (Å²) >= 11 is 0. The fraction of sp³-hybridized carbons (Fsp3) is 0.412. The van der Waals surface area contributed by atoms with E-state index in [0.717, 1.165) is 24.2 Å². The molecule has 0 atom stereocenters. The Labute approximate surface area is 137 Å². The maximum absolute atomic E-state index is 12.5. The van der Waals surface area contributed by atoms with Gasteiger partial charge in [-0.2, -0.15) is 0 Å². The number of hydrogen-bond acceptors (Lipinski definition) is 4. The lowest BCUT2D eigenvalue weighted by Crippen LogP contribution is -2.24. The van der Waals surface area contributed by atoms with Crippen LogP contribution in [0, 0.1) is 13.8 Å². The summed E-state index contributed by atoms with van der Waals surface area (Å²) in [6, 6.07) is 6.76. The first kappa shape index (κ1) is 17.6. The van der Waals surface area contributed by atoms with Crippen molar-refractivity contribution < 1.29 is 17.6 Å². The molecule has 0 spiro atoms. The van der Waals surface area contributed by atoms with Crippen LogP contribution in [0.1, 0.15) is 36.7 Å². The molecule has 1 heterocycles. The van der Waals surface area contributed by atoms with Crippen LogP contribution in [-0.4, -0.2) is 15.0 Å². The van der Waals surface area contributed by atoms with Crippen LogP contribution in [-0.2, 0) is 16.6 Å². The van der Waals surface area contributed by atoms with Crippen molar-refractivity contribution in [3.63, 3.8) is 0 Å². The molecule has 2 aromatic rings. The molecule has 1 N–H and O–H groups in total. The number of hydrogen-bond donors (Lipinski definition) is 1. The van der Waals surface area contributed by atoms with E-state index in [4.69, 9.17) is 9.15 Å². The van der Waals surface area contributed by atoms with Gasteiger partial charge in [-0.25, -0.2) is 13.1 Å². The standard InChI is InChI=1S/C17H23NO4S/c1-4-5-10-22-16-8-9-17(14(3)13(16)2)23(19,20)18-12-15-7-6-11-21-15/h6-9,11,18H,4-5,10,12H2,1-3H3. The number of nitrogens with one attached hydrogen (secondary N) is 1. The highest BCUT2D eigenvalue weighted by Crippen LogP contribution is 2.27. The van der Waals surface area contributed by atoms with Crippen LogP contribution in [0.15, 0.2) is 39.8 Å². The topological polar surface area (TPSA) is 68.5 Å². The summed E-state index contributed by atoms with van der Waals surface area (Å²) in [4.78, 5) is 0.268. The van der Waals surface area contributed by atoms with Crippen molar-refractivity contribution in [3.8, 4) is 5.75 Å². The molecule has 1 aromatic carbocycles. The molecule has 2 rings (SSSR count). The number of rotatable bonds is 8. The third-order valence-corrected chi connectivity index (χ3v) is 5.29. The van der Waals surface area contributed by atoms with E-state index in [1.807, 2.05) is 6.92 Å². The second-order valence-electron chi connectivity index (χ2n) is 5.42. The van der Waals surface area contributed by atoms with Gasteiger partial charge in [0, 0.05) is 0 Å². The third kappa shape index (κ3) is 4.36. The highest BCUT2D eigenvalue weighted by atomic mass is 32.2. The van der Waals surface area contributed by atoms with Crippen LogP contribution in [0.25, 0.3) is 0 Å². The first-order valence-electron chi connectivity index (χ1n) is 7.70. The summed E-state index contributed by atoms with van der Waals surface area (Å²) < 4.78 is 38.4. The summed E-state index contributed by atoms with van der Waals surface area (Å²) in [7, 11) is -3.60. The molecular weight excluding hydrogens is 314 g/mol. The van der Waals surface area contributed by atoms with Crippen LogP contribution in [0.5, 0.6) is 5.75 Å². The van der Waals surface area contributed by atoms with E-state index in [1.54, 1.807) is 31.2 Å². The number of ether oxygens (including phenoxy) is 1. The van der Waals surface area contributed by atoms with E-state index < -0.39 is 10.0 Å². The van der Waals surface area contributed by atoms with E-state index in [-0.39, 0.29) is 11.4 Å². The Morgan fingerprint density at radius 2 is 1.96 bits per heavy atom. The van der Waals surface area contributed by atoms with Crippen LogP contribution in [0.3, 0.4) is 0 Å². The van der Waals surface area contributed by atoms with Gasteiger partial charge in [0.25, 0.3) is 0 Å². The lowest BCUT2D eigenvalue weighted by atomic mass is 10.1. The molecule has 0 aliphatic heterocycles. The van der Waals surface area contributed by atoms with Crippen LogP contribution in [0.2, 0.25) is 0 Å². The molecule has 0 amide bonds. The fourth-order valence-electron chi connectivity index (χ4n) is 2.20. The smallest absolute Gasteiger partial charge is 0.241 e. The molecule has 0 unspecified atom stereocenters. The largest absolute Gasteiger partial charge is 0.493 e. The van der Waals surface area contributed by atoms with Gasteiger partial charge in [-0.15, -0.1) is 0 Å². The van der Waals surface area contributed by atoms with Gasteiger partial charge >= 0.3 is 0 Å². The Morgan fingerprint density at radius 1 is 1.17 bits per heavy atom. The van der Waals surface area contributed by atoms with Crippen LogP contribution in [0.4, 0.5) is 0 Å². The predicted molar refractivity (Wildman–Crippen MR) is 89.1 cm³/mol. The molecule has 0 radical (unpaired) electrons. The fourth-order valence-corrected chi connectivity index (χ4v) is 3.49. The zero-order valence-electron chi connectivity index (χ0n) is 13.8. The van der Waals surface area contributed by atoms with E-state index in [2.05, 4.69) is 11.6 Å². The first-order valence-corrected chi connectivity index (χ1v) is 9.19. The third-order valence-electron chi connectivity index (χ3n) is 3.75. The summed E-state index contributed by atoms with van der Waals surface area (Å²) in [6.45, 7) is 6.54. The number of unbranched alkanes of at least 4 members (excludes halogenated alkanes) is 1. The van der Waals surface area contributed by atoms with Crippen LogP contribution >= 0.6 is 0 Å². The Balaban J connectivity index is 2.16. The highest BCUT2D eigenvalue weighted by molar-refractivity contribution is 7.89. The number of benzene rings is 1. The van der Waals surface area contributed by atoms with Crippen molar-refractivity contribution in [3.05, 3.63) is 47.4 Å². The molecule has 6 heteroatoms. The Kier molecular flexibility index (Phi) is 5.85. The lowest BCUT2D eigenvalue weighted by Gasteiger charge is -2.15. The molecule has 1 aromatic heterocycles. The maximum atomic E-state index is 12.5. The normalized spacial score (nSPS) is 11.6. The van der Waals surface area contributed by atoms with Crippen LogP contribution < -0.4 is 9.46 Å². The molecule has 0 aliphatic carbocycles. The SMILES string of the molecule is CCCCOc1ccc(S(=O)(=O)NCc2ccco2)c(C)c1C. The summed E-state index contributed by atoms with van der Waals surface area (Å²) in [5.74, 6) is 1.31. The van der Waals surface area contributed by atoms with Crippen molar-refractivity contribution in [2.45, 2.75) is 45.1 Å². The Bertz CT molecular complexity index is 736. The minimum Gasteiger partial charge on any atom is -0.493 e. The lowest BCUT2D eigenvalue weighted by molar-refractivity contribution is 0.307. The van der Waals surface area contributed by atoms with Gasteiger partial charge in [-0.05, 0) is 55.7 Å². The molecule has 0 aliphatic rings. The molecule has 23 heavy (non-hydrogen) atoms. The van der Waals surface area contributed by atoms with Gasteiger partial charge in [0.05, 0.1) is 24.3 Å². The van der Waals surface area contributed by atoms with Crippen molar-refractivity contribution >= 4 is 10.0 Å². The second-order valence-corrected chi connectivity index (χ2v) is 7.15. The summed E-state index contributed by atoms with van der Waals surface area (Å²) in [5.41, 5.74) is 1.55. The Morgan fingerprint density at radius 3 is 2.61 bits per heavy atom. The van der Waals surface area contributed by atoms with Crippen molar-refractivity contribution in [2.75, 3.05) is 6.61 Å². The van der Waals surface area contributed by atoms with Gasteiger partial charge < -0.3 is 9.15 Å². The number of furan rings is 1. The van der Waals surface area contributed by atoms with Crippen molar-refractivity contribution in [1.29, 1.82) is 0 Å². The quantitative estimate of drug-likeness (QED) is 0.748. The summed E-state index contributed by atoms with van der Waals surface area (Å²) in [5, 5.41) is 0. The van der Waals surface area contributed by atoms with Crippen molar-refractivity contribution in [1.82, 2.24) is 4.72 Å². The number of sulfonamides is 1. The first-order chi connectivity index (χ1) is 11.0. The molecule has 0 saturated carbocycles. The van der Waals surface area contributed by atoms with E-state index in [1.165, 1.54) is 6.26 Å². The van der Waals surface area contributed by atoms with Crippen molar-refractivity contribution in [2.24, 2.45) is 0 Å². The average Bonchev–Trinajstić information content (AvgIpc) is 3.03. The monoisotopic (exact) mass is 337 g/mol. The summed E-state index contributed by atoms with van der Waals surface area (Å²) in [6.07, 6.45) is 3.55. The zero-order chi connectivity index (χ0) is 16.9. The maximum Gasteiger partial charge on any atom is 0.241 e. The minimum atomic E-state index is -3.60. The molecule has 0 fully saturated rings. The van der Waals surface area contributed by atoms with Gasteiger partial charge in [0.2, 0.25) is 10.0 Å². The second kappa shape index (κ2) is 7.66. The highest BCUT2D eigenvalue weighted by Gasteiger charge is 2.19.